The Morgan fingerprint density at radius 1 is 1.00 bits per heavy atom. The van der Waals surface area contributed by atoms with Gasteiger partial charge in [-0.05, 0) is 11.1 Å². The van der Waals surface area contributed by atoms with Crippen molar-refractivity contribution < 1.29 is 9.53 Å². The lowest BCUT2D eigenvalue weighted by atomic mass is 9.91. The monoisotopic (exact) mass is 295 g/mol. The molecule has 1 aliphatic rings. The Morgan fingerprint density at radius 3 is 2.09 bits per heavy atom. The van der Waals surface area contributed by atoms with E-state index in [9.17, 15) is 4.79 Å². The van der Waals surface area contributed by atoms with Gasteiger partial charge in [-0.2, -0.15) is 0 Å². The maximum absolute atomic E-state index is 12.1. The molecule has 3 nitrogen and oxygen atoms in total. The topological polar surface area (TPSA) is 38.7 Å². The Morgan fingerprint density at radius 2 is 1.55 bits per heavy atom. The normalized spacial score (nSPS) is 18.6. The van der Waals surface area contributed by atoms with Crippen LogP contribution in [0.15, 0.2) is 65.7 Å². The van der Waals surface area contributed by atoms with Gasteiger partial charge in [0.2, 0.25) is 5.54 Å². The third-order valence-corrected chi connectivity index (χ3v) is 3.52. The van der Waals surface area contributed by atoms with Gasteiger partial charge in [-0.1, -0.05) is 74.5 Å². The lowest BCUT2D eigenvalue weighted by Gasteiger charge is -2.13. The highest BCUT2D eigenvalue weighted by molar-refractivity contribution is 6.29. The highest BCUT2D eigenvalue weighted by Gasteiger charge is 2.55. The number of rotatable bonds is 4. The first-order valence-corrected chi connectivity index (χ1v) is 7.54. The molecule has 3 heteroatoms. The summed E-state index contributed by atoms with van der Waals surface area (Å²) in [5, 5.41) is 0. The predicted octanol–water partition coefficient (Wildman–Crippen LogP) is 3.67. The Kier molecular flexibility index (Phi) is 5.10. The number of ether oxygens (including phenoxy) is 1. The van der Waals surface area contributed by atoms with Crippen molar-refractivity contribution in [2.75, 3.05) is 7.11 Å². The van der Waals surface area contributed by atoms with Crippen molar-refractivity contribution in [1.29, 1.82) is 0 Å². The molecule has 0 amide bonds. The van der Waals surface area contributed by atoms with Crippen LogP contribution in [-0.2, 0) is 16.0 Å². The fraction of sp³-hybridized carbons (Fsp3) is 0.263. The third kappa shape index (κ3) is 3.08. The Hall–Kier alpha value is -2.42. The standard InChI is InChI=1S/C17H15NO2.C2H6/c1-20-16(19)17(12-13-8-4-2-5-9-13)15(18-17)14-10-6-3-7-11-14;1-2/h2-11H,12H2,1H3;1-2H3. The molecule has 0 saturated heterocycles. The van der Waals surface area contributed by atoms with E-state index in [2.05, 4.69) is 4.99 Å². The van der Waals surface area contributed by atoms with Crippen LogP contribution in [0.5, 0.6) is 0 Å². The van der Waals surface area contributed by atoms with E-state index in [1.807, 2.05) is 74.5 Å². The summed E-state index contributed by atoms with van der Waals surface area (Å²) in [4.78, 5) is 16.6. The minimum absolute atomic E-state index is 0.291. The van der Waals surface area contributed by atoms with Crippen molar-refractivity contribution >= 4 is 11.7 Å². The zero-order valence-electron chi connectivity index (χ0n) is 13.2. The Labute approximate surface area is 131 Å². The number of methoxy groups -OCH3 is 1. The van der Waals surface area contributed by atoms with Crippen molar-refractivity contribution in [2.24, 2.45) is 4.99 Å². The highest BCUT2D eigenvalue weighted by atomic mass is 16.5. The molecule has 2 aromatic carbocycles. The number of carbonyl (C=O) groups is 1. The number of nitrogens with zero attached hydrogens (tertiary/aromatic N) is 1. The summed E-state index contributed by atoms with van der Waals surface area (Å²) < 4.78 is 4.95. The molecule has 0 saturated carbocycles. The number of esters is 1. The van der Waals surface area contributed by atoms with Crippen LogP contribution in [0, 0.1) is 0 Å². The van der Waals surface area contributed by atoms with Gasteiger partial charge in [-0.15, -0.1) is 0 Å². The maximum Gasteiger partial charge on any atom is 0.340 e. The second kappa shape index (κ2) is 7.03. The molecule has 0 radical (unpaired) electrons. The van der Waals surface area contributed by atoms with Gasteiger partial charge in [-0.25, -0.2) is 4.79 Å². The van der Waals surface area contributed by atoms with Crippen LogP contribution in [0.2, 0.25) is 0 Å². The molecule has 0 bridgehead atoms. The smallest absolute Gasteiger partial charge is 0.340 e. The number of aliphatic imine (C=N–C) groups is 1. The molecule has 3 rings (SSSR count). The fourth-order valence-electron chi connectivity index (χ4n) is 2.46. The van der Waals surface area contributed by atoms with Crippen molar-refractivity contribution in [1.82, 2.24) is 0 Å². The van der Waals surface area contributed by atoms with E-state index in [0.29, 0.717) is 6.42 Å². The summed E-state index contributed by atoms with van der Waals surface area (Å²) in [6, 6.07) is 19.7. The van der Waals surface area contributed by atoms with Crippen LogP contribution in [0.25, 0.3) is 0 Å². The zero-order valence-corrected chi connectivity index (χ0v) is 13.2. The molecule has 1 aliphatic heterocycles. The summed E-state index contributed by atoms with van der Waals surface area (Å²) in [6.45, 7) is 4.00. The van der Waals surface area contributed by atoms with Gasteiger partial charge in [-0.3, -0.25) is 4.99 Å². The number of hydrogen-bond acceptors (Lipinski definition) is 3. The van der Waals surface area contributed by atoms with Crippen LogP contribution in [-0.4, -0.2) is 24.3 Å². The van der Waals surface area contributed by atoms with Crippen LogP contribution in [0.3, 0.4) is 0 Å². The van der Waals surface area contributed by atoms with E-state index in [-0.39, 0.29) is 5.97 Å². The lowest BCUT2D eigenvalue weighted by molar-refractivity contribution is -0.142. The third-order valence-electron chi connectivity index (χ3n) is 3.52. The lowest BCUT2D eigenvalue weighted by Crippen LogP contribution is -2.34. The molecule has 0 aliphatic carbocycles. The van der Waals surface area contributed by atoms with E-state index >= 15 is 0 Å². The molecule has 2 aromatic rings. The first kappa shape index (κ1) is 16.0. The molecule has 0 fully saturated rings. The highest BCUT2D eigenvalue weighted by Crippen LogP contribution is 2.37. The maximum atomic E-state index is 12.1. The Balaban J connectivity index is 0.000000847. The Bertz CT molecular complexity index is 650. The molecular formula is C19H21NO2. The number of carbonyl (C=O) groups excluding carboxylic acids is 1. The summed E-state index contributed by atoms with van der Waals surface area (Å²) in [5.41, 5.74) is 2.03. The second-order valence-electron chi connectivity index (χ2n) is 4.84. The molecule has 114 valence electrons. The minimum Gasteiger partial charge on any atom is -0.467 e. The zero-order chi connectivity index (χ0) is 16.0. The van der Waals surface area contributed by atoms with Gasteiger partial charge in [0.1, 0.15) is 0 Å². The first-order valence-electron chi connectivity index (χ1n) is 7.54. The molecule has 1 atom stereocenters. The largest absolute Gasteiger partial charge is 0.467 e. The van der Waals surface area contributed by atoms with E-state index < -0.39 is 5.54 Å². The minimum atomic E-state index is -0.836. The predicted molar refractivity (Wildman–Crippen MR) is 89.2 cm³/mol. The SMILES string of the molecule is CC.COC(=O)C1(Cc2ccccc2)N=C1c1ccccc1. The quantitative estimate of drug-likeness (QED) is 0.807. The summed E-state index contributed by atoms with van der Waals surface area (Å²) in [5.74, 6) is -0.291. The fourth-order valence-corrected chi connectivity index (χ4v) is 2.46. The summed E-state index contributed by atoms with van der Waals surface area (Å²) >= 11 is 0. The molecule has 0 aromatic heterocycles. The van der Waals surface area contributed by atoms with E-state index in [4.69, 9.17) is 4.74 Å². The molecular weight excluding hydrogens is 274 g/mol. The summed E-state index contributed by atoms with van der Waals surface area (Å²) in [6.07, 6.45) is 0.546. The van der Waals surface area contributed by atoms with Crippen molar-refractivity contribution in [3.63, 3.8) is 0 Å². The average molecular weight is 295 g/mol. The molecule has 1 unspecified atom stereocenters. The number of hydrogen-bond donors (Lipinski definition) is 0. The van der Waals surface area contributed by atoms with Crippen molar-refractivity contribution in [2.45, 2.75) is 25.8 Å². The van der Waals surface area contributed by atoms with E-state index in [1.54, 1.807) is 0 Å². The van der Waals surface area contributed by atoms with Gasteiger partial charge >= 0.3 is 5.97 Å². The molecule has 0 N–H and O–H groups in total. The van der Waals surface area contributed by atoms with Crippen LogP contribution >= 0.6 is 0 Å². The van der Waals surface area contributed by atoms with Crippen LogP contribution in [0.4, 0.5) is 0 Å². The van der Waals surface area contributed by atoms with Gasteiger partial charge in [0.15, 0.2) is 0 Å². The van der Waals surface area contributed by atoms with Gasteiger partial charge in [0.25, 0.3) is 0 Å². The van der Waals surface area contributed by atoms with Crippen molar-refractivity contribution in [3.05, 3.63) is 71.8 Å². The van der Waals surface area contributed by atoms with Gasteiger partial charge in [0.05, 0.1) is 12.8 Å². The van der Waals surface area contributed by atoms with Crippen molar-refractivity contribution in [3.8, 4) is 0 Å². The second-order valence-corrected chi connectivity index (χ2v) is 4.84. The summed E-state index contributed by atoms with van der Waals surface area (Å²) in [7, 11) is 1.41. The first-order chi connectivity index (χ1) is 10.8. The molecule has 22 heavy (non-hydrogen) atoms. The van der Waals surface area contributed by atoms with E-state index in [1.165, 1.54) is 7.11 Å². The molecule has 0 spiro atoms. The van der Waals surface area contributed by atoms with Crippen LogP contribution < -0.4 is 0 Å². The van der Waals surface area contributed by atoms with Crippen LogP contribution in [0.1, 0.15) is 25.0 Å². The average Bonchev–Trinajstić information content (AvgIpc) is 3.33. The molecule has 1 heterocycles. The van der Waals surface area contributed by atoms with Gasteiger partial charge in [0, 0.05) is 6.42 Å². The van der Waals surface area contributed by atoms with Gasteiger partial charge < -0.3 is 4.74 Å². The van der Waals surface area contributed by atoms with E-state index in [0.717, 1.165) is 16.8 Å². The number of benzene rings is 2.